The Balaban J connectivity index is 1.90. The minimum atomic E-state index is -3.47. The van der Waals surface area contributed by atoms with Gasteiger partial charge in [-0.05, 0) is 29.5 Å². The molecule has 1 aliphatic heterocycles. The number of benzene rings is 1. The molecule has 0 saturated carbocycles. The van der Waals surface area contributed by atoms with Crippen LogP contribution in [0.2, 0.25) is 0 Å². The summed E-state index contributed by atoms with van der Waals surface area (Å²) in [5.41, 5.74) is 1.13. The minimum Gasteiger partial charge on any atom is -0.355 e. The zero-order chi connectivity index (χ0) is 19.3. The summed E-state index contributed by atoms with van der Waals surface area (Å²) >= 11 is 0. The maximum atomic E-state index is 12.8. The van der Waals surface area contributed by atoms with E-state index >= 15 is 0 Å². The van der Waals surface area contributed by atoms with Crippen molar-refractivity contribution in [1.82, 2.24) is 14.5 Å². The summed E-state index contributed by atoms with van der Waals surface area (Å²) in [4.78, 5) is 14.3. The Morgan fingerprint density at radius 2 is 1.62 bits per heavy atom. The van der Waals surface area contributed by atoms with Crippen LogP contribution >= 0.6 is 0 Å². The third-order valence-corrected chi connectivity index (χ3v) is 6.50. The van der Waals surface area contributed by atoms with Crippen molar-refractivity contribution >= 4 is 15.9 Å². The van der Waals surface area contributed by atoms with E-state index in [1.165, 1.54) is 4.31 Å². The van der Waals surface area contributed by atoms with Gasteiger partial charge in [0.2, 0.25) is 15.9 Å². The van der Waals surface area contributed by atoms with Crippen molar-refractivity contribution < 1.29 is 13.2 Å². The summed E-state index contributed by atoms with van der Waals surface area (Å²) in [5.74, 6) is 0.791. The molecule has 0 unspecified atom stereocenters. The normalized spacial score (nSPS) is 17.0. The Labute approximate surface area is 157 Å². The van der Waals surface area contributed by atoms with Crippen LogP contribution in [0.25, 0.3) is 0 Å². The molecule has 2 rings (SSSR count). The summed E-state index contributed by atoms with van der Waals surface area (Å²) in [6.45, 7) is 11.2. The molecule has 1 saturated heterocycles. The first-order valence-electron chi connectivity index (χ1n) is 9.29. The first-order valence-corrected chi connectivity index (χ1v) is 10.7. The van der Waals surface area contributed by atoms with Gasteiger partial charge in [-0.3, -0.25) is 9.69 Å². The number of sulfonamides is 1. The zero-order valence-electron chi connectivity index (χ0n) is 16.2. The second-order valence-corrected chi connectivity index (χ2v) is 9.54. The molecule has 1 aromatic rings. The minimum absolute atomic E-state index is 0.000665. The van der Waals surface area contributed by atoms with Crippen LogP contribution in [0, 0.1) is 5.92 Å². The average molecular weight is 382 g/mol. The fraction of sp³-hybridized carbons (Fsp3) is 0.632. The van der Waals surface area contributed by atoms with Crippen LogP contribution < -0.4 is 5.32 Å². The monoisotopic (exact) mass is 381 g/mol. The Hall–Kier alpha value is -1.44. The lowest BCUT2D eigenvalue weighted by molar-refractivity contribution is -0.122. The van der Waals surface area contributed by atoms with Gasteiger partial charge in [0.1, 0.15) is 0 Å². The summed E-state index contributed by atoms with van der Waals surface area (Å²) in [6, 6.07) is 7.15. The molecule has 1 aliphatic rings. The molecule has 0 atom stereocenters. The Bertz CT molecular complexity index is 691. The number of carbonyl (C=O) groups is 1. The maximum absolute atomic E-state index is 12.8. The van der Waals surface area contributed by atoms with Gasteiger partial charge in [0.15, 0.2) is 0 Å². The highest BCUT2D eigenvalue weighted by atomic mass is 32.2. The van der Waals surface area contributed by atoms with Gasteiger partial charge < -0.3 is 5.32 Å². The lowest BCUT2D eigenvalue weighted by Gasteiger charge is -2.33. The molecule has 146 valence electrons. The molecule has 0 radical (unpaired) electrons. The molecule has 1 heterocycles. The van der Waals surface area contributed by atoms with Gasteiger partial charge in [-0.2, -0.15) is 4.31 Å². The van der Waals surface area contributed by atoms with Crippen molar-refractivity contribution in [2.75, 3.05) is 39.3 Å². The van der Waals surface area contributed by atoms with Crippen LogP contribution in [0.15, 0.2) is 29.2 Å². The number of nitrogens with one attached hydrogen (secondary N) is 1. The standard InChI is InChI=1S/C19H31N3O3S/c1-15(2)13-20-19(23)14-21-9-11-22(12-10-21)26(24,25)18-7-5-17(6-8-18)16(3)4/h5-8,15-16H,9-14H2,1-4H3,(H,20,23). The molecule has 26 heavy (non-hydrogen) atoms. The van der Waals surface area contributed by atoms with Crippen molar-refractivity contribution in [2.45, 2.75) is 38.5 Å². The second kappa shape index (κ2) is 8.97. The van der Waals surface area contributed by atoms with Gasteiger partial charge in [0.25, 0.3) is 0 Å². The van der Waals surface area contributed by atoms with E-state index in [0.717, 1.165) is 5.56 Å². The van der Waals surface area contributed by atoms with Crippen LogP contribution in [0.3, 0.4) is 0 Å². The third-order valence-electron chi connectivity index (χ3n) is 4.59. The van der Waals surface area contributed by atoms with E-state index in [-0.39, 0.29) is 5.91 Å². The van der Waals surface area contributed by atoms with E-state index in [4.69, 9.17) is 0 Å². The number of carbonyl (C=O) groups excluding carboxylic acids is 1. The van der Waals surface area contributed by atoms with Crippen molar-refractivity contribution in [2.24, 2.45) is 5.92 Å². The van der Waals surface area contributed by atoms with Gasteiger partial charge in [0, 0.05) is 32.7 Å². The lowest BCUT2D eigenvalue weighted by atomic mass is 10.0. The van der Waals surface area contributed by atoms with Gasteiger partial charge in [-0.1, -0.05) is 39.8 Å². The Morgan fingerprint density at radius 3 is 2.12 bits per heavy atom. The van der Waals surface area contributed by atoms with Crippen LogP contribution in [-0.4, -0.2) is 62.8 Å². The molecule has 1 aromatic carbocycles. The quantitative estimate of drug-likeness (QED) is 0.783. The number of hydrogen-bond donors (Lipinski definition) is 1. The predicted molar refractivity (Wildman–Crippen MR) is 104 cm³/mol. The summed E-state index contributed by atoms with van der Waals surface area (Å²) in [6.07, 6.45) is 0. The van der Waals surface area contributed by atoms with E-state index in [2.05, 4.69) is 33.0 Å². The zero-order valence-corrected chi connectivity index (χ0v) is 17.1. The van der Waals surface area contributed by atoms with E-state index < -0.39 is 10.0 Å². The van der Waals surface area contributed by atoms with Gasteiger partial charge in [-0.25, -0.2) is 8.42 Å². The highest BCUT2D eigenvalue weighted by Crippen LogP contribution is 2.21. The molecular weight excluding hydrogens is 350 g/mol. The van der Waals surface area contributed by atoms with E-state index in [0.29, 0.717) is 56.0 Å². The first-order chi connectivity index (χ1) is 12.2. The van der Waals surface area contributed by atoms with Crippen LogP contribution in [0.1, 0.15) is 39.2 Å². The van der Waals surface area contributed by atoms with Gasteiger partial charge in [-0.15, -0.1) is 0 Å². The van der Waals surface area contributed by atoms with Crippen molar-refractivity contribution in [1.29, 1.82) is 0 Å². The second-order valence-electron chi connectivity index (χ2n) is 7.60. The van der Waals surface area contributed by atoms with E-state index in [9.17, 15) is 13.2 Å². The molecule has 7 heteroatoms. The lowest BCUT2D eigenvalue weighted by Crippen LogP contribution is -2.51. The molecule has 1 N–H and O–H groups in total. The number of rotatable bonds is 7. The topological polar surface area (TPSA) is 69.7 Å². The molecule has 1 amide bonds. The van der Waals surface area contributed by atoms with Gasteiger partial charge >= 0.3 is 0 Å². The summed E-state index contributed by atoms with van der Waals surface area (Å²) < 4.78 is 27.1. The molecule has 0 bridgehead atoms. The molecule has 1 fully saturated rings. The number of hydrogen-bond acceptors (Lipinski definition) is 4. The predicted octanol–water partition coefficient (Wildman–Crippen LogP) is 1.89. The fourth-order valence-corrected chi connectivity index (χ4v) is 4.30. The smallest absolute Gasteiger partial charge is 0.243 e. The number of amides is 1. The number of piperazine rings is 1. The van der Waals surface area contributed by atoms with Crippen molar-refractivity contribution in [3.8, 4) is 0 Å². The molecule has 0 aliphatic carbocycles. The summed E-state index contributed by atoms with van der Waals surface area (Å²) in [7, 11) is -3.47. The highest BCUT2D eigenvalue weighted by molar-refractivity contribution is 7.89. The van der Waals surface area contributed by atoms with Crippen LogP contribution in [0.5, 0.6) is 0 Å². The molecule has 0 aromatic heterocycles. The van der Waals surface area contributed by atoms with Crippen LogP contribution in [0.4, 0.5) is 0 Å². The SMILES string of the molecule is CC(C)CNC(=O)CN1CCN(S(=O)(=O)c2ccc(C(C)C)cc2)CC1. The maximum Gasteiger partial charge on any atom is 0.243 e. The average Bonchev–Trinajstić information content (AvgIpc) is 2.60. The Morgan fingerprint density at radius 1 is 1.04 bits per heavy atom. The summed E-state index contributed by atoms with van der Waals surface area (Å²) in [5, 5.41) is 2.90. The fourth-order valence-electron chi connectivity index (χ4n) is 2.88. The van der Waals surface area contributed by atoms with Crippen molar-refractivity contribution in [3.63, 3.8) is 0 Å². The van der Waals surface area contributed by atoms with E-state index in [1.807, 2.05) is 17.0 Å². The Kier molecular flexibility index (Phi) is 7.20. The van der Waals surface area contributed by atoms with Gasteiger partial charge in [0.05, 0.1) is 11.4 Å². The molecule has 0 spiro atoms. The molecular formula is C19H31N3O3S. The van der Waals surface area contributed by atoms with Crippen molar-refractivity contribution in [3.05, 3.63) is 29.8 Å². The third kappa shape index (κ3) is 5.53. The highest BCUT2D eigenvalue weighted by Gasteiger charge is 2.29. The van der Waals surface area contributed by atoms with Crippen LogP contribution in [-0.2, 0) is 14.8 Å². The first kappa shape index (κ1) is 20.9. The number of nitrogens with zero attached hydrogens (tertiary/aromatic N) is 2. The largest absolute Gasteiger partial charge is 0.355 e. The van der Waals surface area contributed by atoms with E-state index in [1.54, 1.807) is 12.1 Å². The molecule has 6 nitrogen and oxygen atoms in total.